The van der Waals surface area contributed by atoms with Gasteiger partial charge in [0.15, 0.2) is 11.6 Å². The van der Waals surface area contributed by atoms with E-state index < -0.39 is 34.3 Å². The molecule has 0 unspecified atom stereocenters. The average Bonchev–Trinajstić information content (AvgIpc) is 2.71. The Bertz CT molecular complexity index is 1190. The molecule has 0 radical (unpaired) electrons. The van der Waals surface area contributed by atoms with E-state index in [0.29, 0.717) is 0 Å². The first-order chi connectivity index (χ1) is 14.5. The molecule has 166 valence electrons. The first kappa shape index (κ1) is 28.6. The van der Waals surface area contributed by atoms with Crippen LogP contribution in [0.4, 0.5) is 4.39 Å². The predicted molar refractivity (Wildman–Crippen MR) is 121 cm³/mol. The van der Waals surface area contributed by atoms with Crippen molar-refractivity contribution >= 4 is 90.9 Å². The van der Waals surface area contributed by atoms with Crippen LogP contribution in [0.3, 0.4) is 0 Å². The van der Waals surface area contributed by atoms with Crippen LogP contribution in [0.15, 0.2) is 34.8 Å². The van der Waals surface area contributed by atoms with Crippen LogP contribution in [-0.4, -0.2) is 53.6 Å². The summed E-state index contributed by atoms with van der Waals surface area (Å²) in [5.41, 5.74) is -0.0107. The van der Waals surface area contributed by atoms with E-state index in [0.717, 1.165) is 0 Å². The Kier molecular flexibility index (Phi) is 10.9. The van der Waals surface area contributed by atoms with Gasteiger partial charge < -0.3 is 4.74 Å². The van der Waals surface area contributed by atoms with Crippen LogP contribution in [-0.2, 0) is 26.2 Å². The summed E-state index contributed by atoms with van der Waals surface area (Å²) in [6, 6.07) is 8.61. The Hall–Kier alpha value is -1.39. The van der Waals surface area contributed by atoms with Gasteiger partial charge in [0.2, 0.25) is 5.91 Å². The number of ether oxygens (including phenoxy) is 1. The summed E-state index contributed by atoms with van der Waals surface area (Å²) in [6.07, 6.45) is -0.906. The summed E-state index contributed by atoms with van der Waals surface area (Å²) < 4.78 is 46.0. The van der Waals surface area contributed by atoms with E-state index in [1.807, 2.05) is 6.07 Å². The molecule has 14 heteroatoms. The van der Waals surface area contributed by atoms with Gasteiger partial charge in [0, 0.05) is 28.8 Å². The van der Waals surface area contributed by atoms with Gasteiger partial charge in [-0.3, -0.25) is 9.59 Å². The fourth-order valence-electron chi connectivity index (χ4n) is 2.26. The number of nitrogens with one attached hydrogen (secondary N) is 1. The van der Waals surface area contributed by atoms with Crippen LogP contribution in [0.5, 0.6) is 11.5 Å². The van der Waals surface area contributed by atoms with Crippen molar-refractivity contribution in [3.63, 3.8) is 0 Å². The van der Waals surface area contributed by atoms with E-state index >= 15 is 0 Å². The molecule has 0 fully saturated rings. The SMILES string of the molecule is CCC(=O)N(Cl)S(=O)(=O)NC(=O)Cc1ccc(Br)c(Oc2cc(Cl)cc(C#N)c2)c1F.[NaH]. The summed E-state index contributed by atoms with van der Waals surface area (Å²) in [6.45, 7) is 1.38. The van der Waals surface area contributed by atoms with Crippen LogP contribution in [0.1, 0.15) is 24.5 Å². The van der Waals surface area contributed by atoms with Crippen LogP contribution in [0.2, 0.25) is 5.02 Å². The van der Waals surface area contributed by atoms with Crippen molar-refractivity contribution in [1.29, 1.82) is 5.26 Å². The molecule has 0 saturated heterocycles. The molecule has 2 rings (SSSR count). The third-order valence-electron chi connectivity index (χ3n) is 3.65. The van der Waals surface area contributed by atoms with Crippen LogP contribution >= 0.6 is 39.3 Å². The van der Waals surface area contributed by atoms with Crippen LogP contribution < -0.4 is 9.46 Å². The van der Waals surface area contributed by atoms with E-state index in [9.17, 15) is 22.4 Å². The Morgan fingerprint density at radius 1 is 1.31 bits per heavy atom. The summed E-state index contributed by atoms with van der Waals surface area (Å²) >= 11 is 14.5. The second-order valence-electron chi connectivity index (χ2n) is 5.91. The number of rotatable bonds is 7. The van der Waals surface area contributed by atoms with Gasteiger partial charge in [-0.15, -0.1) is 3.82 Å². The number of amides is 2. The van der Waals surface area contributed by atoms with Crippen LogP contribution in [0.25, 0.3) is 0 Å². The third-order valence-corrected chi connectivity index (χ3v) is 6.34. The molecular formula is C18H14BrCl2FN3NaO5S. The van der Waals surface area contributed by atoms with Gasteiger partial charge in [-0.2, -0.15) is 13.7 Å². The molecule has 0 heterocycles. The van der Waals surface area contributed by atoms with Crippen LogP contribution in [0, 0.1) is 17.1 Å². The second kappa shape index (κ2) is 12.2. The Balaban J connectivity index is 0.00000512. The summed E-state index contributed by atoms with van der Waals surface area (Å²) in [5, 5.41) is 9.21. The summed E-state index contributed by atoms with van der Waals surface area (Å²) in [4.78, 5) is 23.5. The van der Waals surface area contributed by atoms with E-state index in [1.54, 1.807) is 4.72 Å². The van der Waals surface area contributed by atoms with Crippen molar-refractivity contribution < 1.29 is 27.1 Å². The van der Waals surface area contributed by atoms with Crippen molar-refractivity contribution in [1.82, 2.24) is 8.55 Å². The Morgan fingerprint density at radius 2 is 1.97 bits per heavy atom. The Morgan fingerprint density at radius 3 is 2.56 bits per heavy atom. The van der Waals surface area contributed by atoms with Crippen molar-refractivity contribution in [3.05, 3.63) is 56.8 Å². The van der Waals surface area contributed by atoms with Gasteiger partial charge in [-0.05, 0) is 40.2 Å². The Labute approximate surface area is 224 Å². The zero-order valence-electron chi connectivity index (χ0n) is 15.7. The molecule has 0 aromatic heterocycles. The third kappa shape index (κ3) is 7.31. The van der Waals surface area contributed by atoms with Crippen molar-refractivity contribution in [2.24, 2.45) is 0 Å². The van der Waals surface area contributed by atoms with E-state index in [4.69, 9.17) is 33.4 Å². The number of carbonyl (C=O) groups is 2. The van der Waals surface area contributed by atoms with Crippen molar-refractivity contribution in [2.75, 3.05) is 0 Å². The molecule has 0 aliphatic rings. The van der Waals surface area contributed by atoms with Gasteiger partial charge in [-0.1, -0.05) is 24.6 Å². The van der Waals surface area contributed by atoms with Gasteiger partial charge in [0.1, 0.15) is 5.75 Å². The number of hydrogen-bond acceptors (Lipinski definition) is 6. The molecule has 8 nitrogen and oxygen atoms in total. The number of carbonyl (C=O) groups excluding carboxylic acids is 2. The minimum absolute atomic E-state index is 0. The fourth-order valence-corrected chi connectivity index (χ4v) is 3.93. The molecule has 2 aromatic rings. The summed E-state index contributed by atoms with van der Waals surface area (Å²) in [5.74, 6) is -3.27. The fraction of sp³-hybridized carbons (Fsp3) is 0.167. The molecule has 0 aliphatic carbocycles. The quantitative estimate of drug-likeness (QED) is 0.398. The number of halogens is 4. The molecule has 0 saturated carbocycles. The average molecular weight is 577 g/mol. The molecule has 0 spiro atoms. The number of nitrogens with zero attached hydrogens (tertiary/aromatic N) is 2. The molecular weight excluding hydrogens is 563 g/mol. The normalized spacial score (nSPS) is 10.5. The van der Waals surface area contributed by atoms with Crippen molar-refractivity contribution in [3.8, 4) is 17.6 Å². The summed E-state index contributed by atoms with van der Waals surface area (Å²) in [7, 11) is -4.64. The molecule has 2 aromatic carbocycles. The second-order valence-corrected chi connectivity index (χ2v) is 9.26. The first-order valence-electron chi connectivity index (χ1n) is 8.38. The molecule has 0 atom stereocenters. The molecule has 0 aliphatic heterocycles. The predicted octanol–water partition coefficient (Wildman–Crippen LogP) is 3.55. The van der Waals surface area contributed by atoms with E-state index in [1.165, 1.54) is 37.3 Å². The minimum atomic E-state index is -4.64. The maximum absolute atomic E-state index is 15.0. The van der Waals surface area contributed by atoms with Gasteiger partial charge in [-0.25, -0.2) is 9.11 Å². The van der Waals surface area contributed by atoms with E-state index in [-0.39, 0.29) is 71.9 Å². The van der Waals surface area contributed by atoms with Gasteiger partial charge >= 0.3 is 39.8 Å². The topological polar surface area (TPSA) is 117 Å². The monoisotopic (exact) mass is 575 g/mol. The standard InChI is InChI=1S/C18H13BrCl2FN3O5S.Na.H/c1-2-16(27)25(21)31(28,29)24-15(26)7-11-3-4-14(19)18(17(11)22)30-13-6-10(9-23)5-12(20)8-13;;/h3-6,8H,2,7H2,1H3,(H,24,26);;. The molecule has 2 amide bonds. The van der Waals surface area contributed by atoms with Crippen molar-refractivity contribution in [2.45, 2.75) is 19.8 Å². The number of hydrogen-bond donors (Lipinski definition) is 1. The number of benzene rings is 2. The zero-order valence-corrected chi connectivity index (χ0v) is 19.6. The molecule has 32 heavy (non-hydrogen) atoms. The molecule has 1 N–H and O–H groups in total. The van der Waals surface area contributed by atoms with Gasteiger partial charge in [0.05, 0.1) is 22.5 Å². The maximum atomic E-state index is 15.0. The van der Waals surface area contributed by atoms with Gasteiger partial charge in [0.25, 0.3) is 5.91 Å². The first-order valence-corrected chi connectivity index (χ1v) is 11.3. The zero-order chi connectivity index (χ0) is 23.3. The number of nitriles is 1. The molecule has 0 bridgehead atoms. The van der Waals surface area contributed by atoms with E-state index in [2.05, 4.69) is 15.9 Å².